The molecule has 2 aromatic carbocycles. The van der Waals surface area contributed by atoms with Crippen LogP contribution in [0.4, 0.5) is 0 Å². The number of para-hydroxylation sites is 1. The Hall–Kier alpha value is -4.25. The molecule has 11 nitrogen and oxygen atoms in total. The Labute approximate surface area is 195 Å². The van der Waals surface area contributed by atoms with Crippen LogP contribution in [-0.2, 0) is 30.5 Å². The number of nitrogens with two attached hydrogens (primary N) is 1. The van der Waals surface area contributed by atoms with Crippen LogP contribution in [0.15, 0.2) is 48.5 Å². The lowest BCUT2D eigenvalue weighted by Crippen LogP contribution is -2.50. The molecule has 1 atom stereocenters. The number of hydrogen-bond donors (Lipinski definition) is 3. The fourth-order valence-electron chi connectivity index (χ4n) is 2.74. The summed E-state index contributed by atoms with van der Waals surface area (Å²) in [6, 6.07) is 12.2. The summed E-state index contributed by atoms with van der Waals surface area (Å²) < 4.78 is 15.4. The van der Waals surface area contributed by atoms with Gasteiger partial charge in [0.25, 0.3) is 5.91 Å². The van der Waals surface area contributed by atoms with E-state index in [-0.39, 0.29) is 30.3 Å². The third-order valence-corrected chi connectivity index (χ3v) is 4.21. The molecule has 180 valence electrons. The molecule has 0 aliphatic carbocycles. The van der Waals surface area contributed by atoms with Gasteiger partial charge in [-0.2, -0.15) is 0 Å². The van der Waals surface area contributed by atoms with Crippen molar-refractivity contribution in [2.24, 2.45) is 5.73 Å². The number of hydrogen-bond acceptors (Lipinski definition) is 8. The molecule has 0 aromatic heterocycles. The summed E-state index contributed by atoms with van der Waals surface area (Å²) in [6.07, 6.45) is 0. The van der Waals surface area contributed by atoms with Gasteiger partial charge in [-0.05, 0) is 17.7 Å². The maximum absolute atomic E-state index is 12.6. The Morgan fingerprint density at radius 3 is 2.21 bits per heavy atom. The fraction of sp³-hybridized carbons (Fsp3) is 0.261. The predicted octanol–water partition coefficient (Wildman–Crippen LogP) is 0.454. The normalized spacial score (nSPS) is 11.1. The van der Waals surface area contributed by atoms with Crippen LogP contribution < -0.4 is 25.8 Å². The number of carbonyl (C=O) groups excluding carboxylic acids is 5. The summed E-state index contributed by atoms with van der Waals surface area (Å²) in [4.78, 5) is 59.3. The van der Waals surface area contributed by atoms with E-state index in [1.165, 1.54) is 18.2 Å². The zero-order valence-electron chi connectivity index (χ0n) is 18.7. The number of amides is 3. The summed E-state index contributed by atoms with van der Waals surface area (Å²) in [6.45, 7) is 1.80. The highest BCUT2D eigenvalue weighted by atomic mass is 16.6. The number of esters is 2. The van der Waals surface area contributed by atoms with Crippen molar-refractivity contribution in [1.82, 2.24) is 10.6 Å². The van der Waals surface area contributed by atoms with Gasteiger partial charge in [-0.25, -0.2) is 0 Å². The molecule has 0 aliphatic rings. The minimum atomic E-state index is -1.11. The van der Waals surface area contributed by atoms with Crippen molar-refractivity contribution in [3.05, 3.63) is 59.7 Å². The highest BCUT2D eigenvalue weighted by molar-refractivity contribution is 6.00. The van der Waals surface area contributed by atoms with Gasteiger partial charge in [0.15, 0.2) is 11.5 Å². The Bertz CT molecular complexity index is 1060. The fourth-order valence-corrected chi connectivity index (χ4v) is 2.74. The smallest absolute Gasteiger partial charge is 0.308 e. The van der Waals surface area contributed by atoms with Crippen molar-refractivity contribution >= 4 is 29.7 Å². The SMILES string of the molecule is CC(=O)Oc1cccc(C(=O)NCC(=O)N[C@@H](COCc2ccccc2)C(N)=O)c1OC(C)=O. The van der Waals surface area contributed by atoms with E-state index in [0.29, 0.717) is 0 Å². The molecule has 0 aliphatic heterocycles. The van der Waals surface area contributed by atoms with Gasteiger partial charge in [0.2, 0.25) is 11.8 Å². The Morgan fingerprint density at radius 2 is 1.59 bits per heavy atom. The molecule has 0 heterocycles. The summed E-state index contributed by atoms with van der Waals surface area (Å²) in [5, 5.41) is 4.73. The average molecular weight is 471 g/mol. The predicted molar refractivity (Wildman–Crippen MR) is 119 cm³/mol. The average Bonchev–Trinajstić information content (AvgIpc) is 2.78. The Kier molecular flexibility index (Phi) is 9.72. The summed E-state index contributed by atoms with van der Waals surface area (Å²) in [7, 11) is 0. The van der Waals surface area contributed by atoms with Crippen LogP contribution in [0.2, 0.25) is 0 Å². The molecule has 0 saturated carbocycles. The first-order chi connectivity index (χ1) is 16.2. The van der Waals surface area contributed by atoms with E-state index in [4.69, 9.17) is 19.9 Å². The topological polar surface area (TPSA) is 163 Å². The van der Waals surface area contributed by atoms with Crippen LogP contribution >= 0.6 is 0 Å². The lowest BCUT2D eigenvalue weighted by molar-refractivity contribution is -0.134. The number of primary amides is 1. The van der Waals surface area contributed by atoms with Gasteiger partial charge < -0.3 is 30.6 Å². The second kappa shape index (κ2) is 12.7. The molecule has 0 bridgehead atoms. The lowest BCUT2D eigenvalue weighted by Gasteiger charge is -2.16. The zero-order chi connectivity index (χ0) is 25.1. The van der Waals surface area contributed by atoms with E-state index in [1.54, 1.807) is 0 Å². The molecule has 2 aromatic rings. The second-order valence-corrected chi connectivity index (χ2v) is 7.03. The first-order valence-corrected chi connectivity index (χ1v) is 10.2. The summed E-state index contributed by atoms with van der Waals surface area (Å²) in [5.41, 5.74) is 6.06. The van der Waals surface area contributed by atoms with E-state index >= 15 is 0 Å². The maximum atomic E-state index is 12.6. The van der Waals surface area contributed by atoms with Gasteiger partial charge in [-0.3, -0.25) is 24.0 Å². The Morgan fingerprint density at radius 1 is 0.912 bits per heavy atom. The molecule has 11 heteroatoms. The summed E-state index contributed by atoms with van der Waals surface area (Å²) >= 11 is 0. The first kappa shape index (κ1) is 26.0. The molecular weight excluding hydrogens is 446 g/mol. The highest BCUT2D eigenvalue weighted by Gasteiger charge is 2.22. The molecule has 4 N–H and O–H groups in total. The number of nitrogens with one attached hydrogen (secondary N) is 2. The van der Waals surface area contributed by atoms with Crippen molar-refractivity contribution in [3.8, 4) is 11.5 Å². The molecule has 2 rings (SSSR count). The van der Waals surface area contributed by atoms with Crippen LogP contribution in [0.25, 0.3) is 0 Å². The quantitative estimate of drug-likeness (QED) is 0.314. The molecule has 0 unspecified atom stereocenters. The third kappa shape index (κ3) is 8.36. The molecule has 0 fully saturated rings. The lowest BCUT2D eigenvalue weighted by atomic mass is 10.1. The van der Waals surface area contributed by atoms with Gasteiger partial charge in [0.1, 0.15) is 6.04 Å². The highest BCUT2D eigenvalue weighted by Crippen LogP contribution is 2.31. The van der Waals surface area contributed by atoms with Crippen LogP contribution in [-0.4, -0.2) is 48.9 Å². The minimum absolute atomic E-state index is 0.135. The van der Waals surface area contributed by atoms with Crippen molar-refractivity contribution in [1.29, 1.82) is 0 Å². The van der Waals surface area contributed by atoms with Gasteiger partial charge in [-0.15, -0.1) is 0 Å². The van der Waals surface area contributed by atoms with Gasteiger partial charge in [0.05, 0.1) is 25.3 Å². The van der Waals surface area contributed by atoms with Crippen LogP contribution in [0.5, 0.6) is 11.5 Å². The summed E-state index contributed by atoms with van der Waals surface area (Å²) in [5.74, 6) is -4.12. The van der Waals surface area contributed by atoms with E-state index in [2.05, 4.69) is 10.6 Å². The van der Waals surface area contributed by atoms with Crippen molar-refractivity contribution in [2.45, 2.75) is 26.5 Å². The Balaban J connectivity index is 1.97. The first-order valence-electron chi connectivity index (χ1n) is 10.2. The van der Waals surface area contributed by atoms with Crippen LogP contribution in [0.1, 0.15) is 29.8 Å². The molecule has 0 saturated heterocycles. The largest absolute Gasteiger partial charge is 0.423 e. The van der Waals surface area contributed by atoms with E-state index in [9.17, 15) is 24.0 Å². The van der Waals surface area contributed by atoms with Crippen molar-refractivity contribution < 1.29 is 38.2 Å². The molecule has 0 radical (unpaired) electrons. The third-order valence-electron chi connectivity index (χ3n) is 4.21. The zero-order valence-corrected chi connectivity index (χ0v) is 18.7. The van der Waals surface area contributed by atoms with Crippen molar-refractivity contribution in [3.63, 3.8) is 0 Å². The molecule has 0 spiro atoms. The number of rotatable bonds is 11. The van der Waals surface area contributed by atoms with E-state index < -0.39 is 42.2 Å². The van der Waals surface area contributed by atoms with Gasteiger partial charge >= 0.3 is 11.9 Å². The van der Waals surface area contributed by atoms with E-state index in [1.807, 2.05) is 30.3 Å². The molecular formula is C23H25N3O8. The standard InChI is InChI=1S/C23H25N3O8/c1-14(27)33-19-10-6-9-17(21(19)34-15(2)28)23(31)25-11-20(29)26-18(22(24)30)13-32-12-16-7-4-3-5-8-16/h3-10,18H,11-13H2,1-2H3,(H2,24,30)(H,25,31)(H,26,29)/t18-/m0/s1. The second-order valence-electron chi connectivity index (χ2n) is 7.03. The van der Waals surface area contributed by atoms with Crippen molar-refractivity contribution in [2.75, 3.05) is 13.2 Å². The molecule has 3 amide bonds. The number of ether oxygens (including phenoxy) is 3. The number of carbonyl (C=O) groups is 5. The van der Waals surface area contributed by atoms with Crippen LogP contribution in [0.3, 0.4) is 0 Å². The molecule has 34 heavy (non-hydrogen) atoms. The maximum Gasteiger partial charge on any atom is 0.308 e. The monoisotopic (exact) mass is 471 g/mol. The van der Waals surface area contributed by atoms with Gasteiger partial charge in [0, 0.05) is 13.8 Å². The van der Waals surface area contributed by atoms with E-state index in [0.717, 1.165) is 19.4 Å². The van der Waals surface area contributed by atoms with Crippen LogP contribution in [0, 0.1) is 0 Å². The van der Waals surface area contributed by atoms with Gasteiger partial charge in [-0.1, -0.05) is 36.4 Å². The minimum Gasteiger partial charge on any atom is -0.423 e. The number of benzene rings is 2.